The van der Waals surface area contributed by atoms with Gasteiger partial charge in [0, 0.05) is 25.0 Å². The zero-order valence-corrected chi connectivity index (χ0v) is 14.5. The van der Waals surface area contributed by atoms with Gasteiger partial charge in [-0.3, -0.25) is 5.32 Å². The van der Waals surface area contributed by atoms with E-state index in [0.29, 0.717) is 24.2 Å². The number of thiazole rings is 1. The quantitative estimate of drug-likeness (QED) is 0.703. The third-order valence-electron chi connectivity index (χ3n) is 3.33. The molecule has 0 atom stereocenters. The molecule has 0 radical (unpaired) electrons. The van der Waals surface area contributed by atoms with Crippen molar-refractivity contribution < 1.29 is 9.53 Å². The van der Waals surface area contributed by atoms with Gasteiger partial charge in [-0.1, -0.05) is 41.7 Å². The van der Waals surface area contributed by atoms with Gasteiger partial charge in [0.1, 0.15) is 0 Å². The van der Waals surface area contributed by atoms with Crippen LogP contribution in [0.2, 0.25) is 0 Å². The Morgan fingerprint density at radius 1 is 1.20 bits per heavy atom. The summed E-state index contributed by atoms with van der Waals surface area (Å²) in [6, 6.07) is 13.3. The van der Waals surface area contributed by atoms with Crippen LogP contribution in [0.1, 0.15) is 12.5 Å². The summed E-state index contributed by atoms with van der Waals surface area (Å²) in [5.74, 6) is 0.551. The predicted octanol–water partition coefficient (Wildman–Crippen LogP) is 3.93. The third-order valence-corrected chi connectivity index (χ3v) is 4.29. The van der Waals surface area contributed by atoms with Crippen molar-refractivity contribution in [2.45, 2.75) is 13.5 Å². The fourth-order valence-corrected chi connectivity index (χ4v) is 3.00. The van der Waals surface area contributed by atoms with E-state index in [0.717, 1.165) is 16.0 Å². The van der Waals surface area contributed by atoms with Gasteiger partial charge < -0.3 is 10.1 Å². The second kappa shape index (κ2) is 8.25. The average Bonchev–Trinajstić information content (AvgIpc) is 3.10. The van der Waals surface area contributed by atoms with E-state index in [4.69, 9.17) is 4.74 Å². The first-order chi connectivity index (χ1) is 12.2. The van der Waals surface area contributed by atoms with Crippen molar-refractivity contribution in [1.29, 1.82) is 0 Å². The van der Waals surface area contributed by atoms with Gasteiger partial charge in [0.05, 0.1) is 11.5 Å². The van der Waals surface area contributed by atoms with Crippen LogP contribution in [0.3, 0.4) is 0 Å². The predicted molar refractivity (Wildman–Crippen MR) is 98.8 cm³/mol. The SMILES string of the molecule is CCOc1cc(CNC(=O)Nc2ncc(-c3ccccc3)s2)ccn1. The molecule has 0 aliphatic heterocycles. The summed E-state index contributed by atoms with van der Waals surface area (Å²) in [6.45, 7) is 2.83. The van der Waals surface area contributed by atoms with Crippen molar-refractivity contribution in [2.24, 2.45) is 0 Å². The summed E-state index contributed by atoms with van der Waals surface area (Å²) in [5.41, 5.74) is 1.99. The molecule has 1 aromatic carbocycles. The van der Waals surface area contributed by atoms with E-state index in [-0.39, 0.29) is 6.03 Å². The number of amides is 2. The van der Waals surface area contributed by atoms with Gasteiger partial charge >= 0.3 is 6.03 Å². The highest BCUT2D eigenvalue weighted by Gasteiger charge is 2.08. The zero-order chi connectivity index (χ0) is 17.5. The fraction of sp³-hybridized carbons (Fsp3) is 0.167. The molecule has 7 heteroatoms. The van der Waals surface area contributed by atoms with Gasteiger partial charge in [-0.15, -0.1) is 0 Å². The Morgan fingerprint density at radius 3 is 2.84 bits per heavy atom. The maximum Gasteiger partial charge on any atom is 0.321 e. The lowest BCUT2D eigenvalue weighted by Gasteiger charge is -2.07. The van der Waals surface area contributed by atoms with Gasteiger partial charge in [0.15, 0.2) is 5.13 Å². The molecule has 0 saturated heterocycles. The molecule has 0 spiro atoms. The Hall–Kier alpha value is -2.93. The summed E-state index contributed by atoms with van der Waals surface area (Å²) in [4.78, 5) is 21.4. The molecular weight excluding hydrogens is 336 g/mol. The molecule has 0 saturated carbocycles. The van der Waals surface area contributed by atoms with Gasteiger partial charge in [-0.05, 0) is 24.1 Å². The van der Waals surface area contributed by atoms with Crippen LogP contribution in [0, 0.1) is 0 Å². The van der Waals surface area contributed by atoms with Crippen LogP contribution < -0.4 is 15.4 Å². The number of rotatable bonds is 6. The number of hydrogen-bond donors (Lipinski definition) is 2. The lowest BCUT2D eigenvalue weighted by Crippen LogP contribution is -2.28. The van der Waals surface area contributed by atoms with Gasteiger partial charge in [0.25, 0.3) is 0 Å². The lowest BCUT2D eigenvalue weighted by molar-refractivity contribution is 0.251. The first-order valence-corrected chi connectivity index (χ1v) is 8.70. The smallest absolute Gasteiger partial charge is 0.321 e. The molecule has 0 fully saturated rings. The first-order valence-electron chi connectivity index (χ1n) is 7.88. The number of urea groups is 1. The van der Waals surface area contributed by atoms with Crippen molar-refractivity contribution >= 4 is 22.5 Å². The van der Waals surface area contributed by atoms with Crippen LogP contribution in [0.25, 0.3) is 10.4 Å². The second-order valence-electron chi connectivity index (χ2n) is 5.14. The Balaban J connectivity index is 1.55. The molecule has 2 N–H and O–H groups in total. The second-order valence-corrected chi connectivity index (χ2v) is 6.17. The highest BCUT2D eigenvalue weighted by Crippen LogP contribution is 2.28. The van der Waals surface area contributed by atoms with Crippen molar-refractivity contribution in [1.82, 2.24) is 15.3 Å². The van der Waals surface area contributed by atoms with Crippen LogP contribution in [0.15, 0.2) is 54.9 Å². The van der Waals surface area contributed by atoms with Crippen molar-refractivity contribution in [3.8, 4) is 16.3 Å². The molecule has 0 aliphatic carbocycles. The summed E-state index contributed by atoms with van der Waals surface area (Å²) < 4.78 is 5.35. The standard InChI is InChI=1S/C18H18N4O2S/c1-2-24-16-10-13(8-9-19-16)11-20-17(23)22-18-21-12-15(25-18)14-6-4-3-5-7-14/h3-10,12H,2,11H2,1H3,(H2,20,21,22,23). The number of pyridine rings is 1. The molecule has 0 aliphatic rings. The summed E-state index contributed by atoms with van der Waals surface area (Å²) in [7, 11) is 0. The monoisotopic (exact) mass is 354 g/mol. The molecule has 6 nitrogen and oxygen atoms in total. The molecule has 0 bridgehead atoms. The highest BCUT2D eigenvalue weighted by molar-refractivity contribution is 7.19. The van der Waals surface area contributed by atoms with Gasteiger partial charge in [-0.2, -0.15) is 0 Å². The number of nitrogens with one attached hydrogen (secondary N) is 2. The van der Waals surface area contributed by atoms with E-state index in [9.17, 15) is 4.79 Å². The number of ether oxygens (including phenoxy) is 1. The van der Waals surface area contributed by atoms with E-state index in [2.05, 4.69) is 20.6 Å². The van der Waals surface area contributed by atoms with Crippen molar-refractivity contribution in [3.05, 3.63) is 60.4 Å². The molecule has 3 aromatic rings. The average molecular weight is 354 g/mol. The fourth-order valence-electron chi connectivity index (χ4n) is 2.18. The van der Waals surface area contributed by atoms with Crippen LogP contribution in [-0.4, -0.2) is 22.6 Å². The highest BCUT2D eigenvalue weighted by atomic mass is 32.1. The van der Waals surface area contributed by atoms with E-state index < -0.39 is 0 Å². The van der Waals surface area contributed by atoms with E-state index in [1.165, 1.54) is 11.3 Å². The minimum Gasteiger partial charge on any atom is -0.478 e. The number of aromatic nitrogens is 2. The minimum atomic E-state index is -0.302. The zero-order valence-electron chi connectivity index (χ0n) is 13.7. The molecule has 128 valence electrons. The summed E-state index contributed by atoms with van der Waals surface area (Å²) in [6.07, 6.45) is 3.42. The van der Waals surface area contributed by atoms with Gasteiger partial charge in [0.2, 0.25) is 5.88 Å². The normalized spacial score (nSPS) is 10.3. The number of benzene rings is 1. The molecular formula is C18H18N4O2S. The van der Waals surface area contributed by atoms with Crippen LogP contribution in [0.4, 0.5) is 9.93 Å². The minimum absolute atomic E-state index is 0.302. The van der Waals surface area contributed by atoms with Gasteiger partial charge in [-0.25, -0.2) is 14.8 Å². The largest absolute Gasteiger partial charge is 0.478 e. The third kappa shape index (κ3) is 4.77. The molecule has 2 heterocycles. The van der Waals surface area contributed by atoms with Crippen LogP contribution in [0.5, 0.6) is 5.88 Å². The van der Waals surface area contributed by atoms with E-state index in [1.54, 1.807) is 18.5 Å². The van der Waals surface area contributed by atoms with Crippen LogP contribution in [-0.2, 0) is 6.54 Å². The van der Waals surface area contributed by atoms with Crippen LogP contribution >= 0.6 is 11.3 Å². The number of hydrogen-bond acceptors (Lipinski definition) is 5. The van der Waals surface area contributed by atoms with Crippen molar-refractivity contribution in [2.75, 3.05) is 11.9 Å². The van der Waals surface area contributed by atoms with E-state index >= 15 is 0 Å². The maximum absolute atomic E-state index is 12.0. The summed E-state index contributed by atoms with van der Waals surface area (Å²) >= 11 is 1.43. The van der Waals surface area contributed by atoms with E-state index in [1.807, 2.05) is 43.3 Å². The van der Waals surface area contributed by atoms with Crippen molar-refractivity contribution in [3.63, 3.8) is 0 Å². The lowest BCUT2D eigenvalue weighted by atomic mass is 10.2. The first kappa shape index (κ1) is 16.9. The Bertz CT molecular complexity index is 836. The Kier molecular flexibility index (Phi) is 5.58. The maximum atomic E-state index is 12.0. The molecule has 25 heavy (non-hydrogen) atoms. The molecule has 2 aromatic heterocycles. The number of carbonyl (C=O) groups is 1. The summed E-state index contributed by atoms with van der Waals surface area (Å²) in [5, 5.41) is 6.11. The molecule has 0 unspecified atom stereocenters. The Labute approximate surface area is 149 Å². The topological polar surface area (TPSA) is 76.1 Å². The Morgan fingerprint density at radius 2 is 2.04 bits per heavy atom. The number of nitrogens with zero attached hydrogens (tertiary/aromatic N) is 2. The molecule has 3 rings (SSSR count). The number of carbonyl (C=O) groups excluding carboxylic acids is 1. The number of anilines is 1. The molecule has 2 amide bonds.